The number of hydrazine groups is 1. The van der Waals surface area contributed by atoms with Gasteiger partial charge in [-0.2, -0.15) is 0 Å². The van der Waals surface area contributed by atoms with Crippen LogP contribution in [-0.4, -0.2) is 55.4 Å². The molecule has 38 heavy (non-hydrogen) atoms. The Bertz CT molecular complexity index is 1170. The predicted octanol–water partition coefficient (Wildman–Crippen LogP) is 1.79. The van der Waals surface area contributed by atoms with Crippen molar-refractivity contribution in [1.29, 1.82) is 0 Å². The highest BCUT2D eigenvalue weighted by molar-refractivity contribution is 7.89. The van der Waals surface area contributed by atoms with Crippen LogP contribution in [0, 0.1) is 0 Å². The molecular formula is C24H36ClN5O7S. The van der Waals surface area contributed by atoms with Gasteiger partial charge in [-0.05, 0) is 56.3 Å². The minimum absolute atomic E-state index is 0. The van der Waals surface area contributed by atoms with Crippen molar-refractivity contribution in [2.45, 2.75) is 30.2 Å². The fourth-order valence-corrected chi connectivity index (χ4v) is 4.25. The van der Waals surface area contributed by atoms with Gasteiger partial charge in [0, 0.05) is 12.1 Å². The maximum Gasteiger partial charge on any atom is 0.257 e. The molecular weight excluding hydrogens is 538 g/mol. The van der Waals surface area contributed by atoms with E-state index in [9.17, 15) is 13.2 Å². The van der Waals surface area contributed by atoms with Crippen molar-refractivity contribution in [2.24, 2.45) is 5.73 Å². The van der Waals surface area contributed by atoms with Gasteiger partial charge in [0.1, 0.15) is 29.0 Å². The van der Waals surface area contributed by atoms with Crippen LogP contribution in [0.2, 0.25) is 0 Å². The number of carbonyl (C=O) groups is 1. The van der Waals surface area contributed by atoms with Crippen molar-refractivity contribution in [3.8, 4) is 23.0 Å². The number of sulfonamides is 1. The van der Waals surface area contributed by atoms with E-state index < -0.39 is 22.0 Å². The van der Waals surface area contributed by atoms with Crippen molar-refractivity contribution < 1.29 is 32.2 Å². The van der Waals surface area contributed by atoms with E-state index in [0.717, 1.165) is 0 Å². The van der Waals surface area contributed by atoms with E-state index in [2.05, 4.69) is 15.6 Å². The molecule has 7 N–H and O–H groups in total. The fourth-order valence-electron chi connectivity index (χ4n) is 3.37. The zero-order valence-corrected chi connectivity index (χ0v) is 23.4. The fraction of sp³-hybridized carbons (Fsp3) is 0.375. The number of nitrogens with one attached hydrogen (secondary N) is 3. The Kier molecular flexibility index (Phi) is 13.5. The normalized spacial score (nSPS) is 11.8. The average molecular weight is 574 g/mol. The summed E-state index contributed by atoms with van der Waals surface area (Å²) in [7, 11) is 1.92. The van der Waals surface area contributed by atoms with Gasteiger partial charge in [0.05, 0.1) is 44.6 Å². The number of ether oxygens (including phenoxy) is 4. The number of benzene rings is 2. The van der Waals surface area contributed by atoms with Crippen LogP contribution < -0.4 is 46.0 Å². The van der Waals surface area contributed by atoms with Gasteiger partial charge in [-0.3, -0.25) is 10.2 Å². The van der Waals surface area contributed by atoms with E-state index in [1.165, 1.54) is 46.6 Å². The largest absolute Gasteiger partial charge is 0.496 e. The number of rotatable bonds is 15. The van der Waals surface area contributed by atoms with E-state index in [0.29, 0.717) is 54.4 Å². The Hall–Kier alpha value is -3.39. The maximum absolute atomic E-state index is 12.9. The molecule has 1 amide bonds. The summed E-state index contributed by atoms with van der Waals surface area (Å²) in [6.07, 6.45) is 5.00. The highest BCUT2D eigenvalue weighted by Gasteiger charge is 2.21. The van der Waals surface area contributed by atoms with Gasteiger partial charge in [0.15, 0.2) is 0 Å². The minimum Gasteiger partial charge on any atom is -0.496 e. The lowest BCUT2D eigenvalue weighted by Gasteiger charge is -2.18. The van der Waals surface area contributed by atoms with Gasteiger partial charge in [-0.1, -0.05) is 0 Å². The summed E-state index contributed by atoms with van der Waals surface area (Å²) in [4.78, 5) is 14.9. The molecule has 0 heterocycles. The number of anilines is 1. The number of nitrogen functional groups attached to an aromatic ring is 1. The maximum atomic E-state index is 12.9. The first-order valence-electron chi connectivity index (χ1n) is 11.4. The Morgan fingerprint density at radius 2 is 1.61 bits per heavy atom. The zero-order valence-electron chi connectivity index (χ0n) is 21.8. The molecule has 0 aliphatic carbocycles. The van der Waals surface area contributed by atoms with E-state index >= 15 is 0 Å². The molecule has 0 bridgehead atoms. The SMILES string of the molecule is COc1cc(OC)c(/C=C/N[C@@H](CCCCN)C(=O)NNS(=O)(=O)c2ccc(OC)c(N)c2)c(OC)c1.Cl. The lowest BCUT2D eigenvalue weighted by Crippen LogP contribution is -2.49. The molecule has 0 aliphatic heterocycles. The van der Waals surface area contributed by atoms with E-state index in [-0.39, 0.29) is 23.0 Å². The zero-order chi connectivity index (χ0) is 27.4. The topological polar surface area (TPSA) is 176 Å². The van der Waals surface area contributed by atoms with Crippen LogP contribution in [0.1, 0.15) is 24.8 Å². The average Bonchev–Trinajstić information content (AvgIpc) is 2.90. The van der Waals surface area contributed by atoms with Gasteiger partial charge < -0.3 is 35.7 Å². The van der Waals surface area contributed by atoms with Gasteiger partial charge in [0.25, 0.3) is 15.9 Å². The molecule has 0 radical (unpaired) electrons. The van der Waals surface area contributed by atoms with Crippen molar-refractivity contribution in [3.63, 3.8) is 0 Å². The number of hydrogen-bond acceptors (Lipinski definition) is 10. The van der Waals surface area contributed by atoms with Gasteiger partial charge in [-0.25, -0.2) is 8.42 Å². The summed E-state index contributed by atoms with van der Waals surface area (Å²) < 4.78 is 46.5. The quantitative estimate of drug-likeness (QED) is 0.120. The summed E-state index contributed by atoms with van der Waals surface area (Å²) in [5.74, 6) is 1.32. The first-order chi connectivity index (χ1) is 17.7. The molecule has 0 fully saturated rings. The highest BCUT2D eigenvalue weighted by atomic mass is 35.5. The molecule has 2 rings (SSSR count). The van der Waals surface area contributed by atoms with Crippen molar-refractivity contribution in [3.05, 3.63) is 42.1 Å². The number of amides is 1. The van der Waals surface area contributed by atoms with E-state index in [1.807, 2.05) is 0 Å². The molecule has 0 saturated carbocycles. The molecule has 0 unspecified atom stereocenters. The second-order valence-electron chi connectivity index (χ2n) is 7.78. The Morgan fingerprint density at radius 1 is 0.974 bits per heavy atom. The van der Waals surface area contributed by atoms with Crippen molar-refractivity contribution in [1.82, 2.24) is 15.6 Å². The van der Waals surface area contributed by atoms with E-state index in [1.54, 1.807) is 24.4 Å². The van der Waals surface area contributed by atoms with Gasteiger partial charge >= 0.3 is 0 Å². The van der Waals surface area contributed by atoms with Crippen LogP contribution in [0.15, 0.2) is 41.4 Å². The monoisotopic (exact) mass is 573 g/mol. The minimum atomic E-state index is -4.08. The number of halogens is 1. The molecule has 2 aromatic carbocycles. The third-order valence-electron chi connectivity index (χ3n) is 5.38. The smallest absolute Gasteiger partial charge is 0.257 e. The molecule has 14 heteroatoms. The van der Waals surface area contributed by atoms with Gasteiger partial charge in [-0.15, -0.1) is 17.2 Å². The summed E-state index contributed by atoms with van der Waals surface area (Å²) in [5, 5.41) is 3.01. The number of nitrogens with two attached hydrogens (primary N) is 2. The van der Waals surface area contributed by atoms with Crippen molar-refractivity contribution in [2.75, 3.05) is 40.7 Å². The predicted molar refractivity (Wildman–Crippen MR) is 148 cm³/mol. The molecule has 212 valence electrons. The first-order valence-corrected chi connectivity index (χ1v) is 12.9. The number of hydrogen-bond donors (Lipinski definition) is 5. The van der Waals surface area contributed by atoms with Crippen LogP contribution in [0.3, 0.4) is 0 Å². The third kappa shape index (κ3) is 8.87. The van der Waals surface area contributed by atoms with Crippen LogP contribution >= 0.6 is 12.4 Å². The van der Waals surface area contributed by atoms with Crippen LogP contribution in [-0.2, 0) is 14.8 Å². The third-order valence-corrected chi connectivity index (χ3v) is 6.63. The van der Waals surface area contributed by atoms with Crippen LogP contribution in [0.4, 0.5) is 5.69 Å². The number of unbranched alkanes of at least 4 members (excludes halogenated alkanes) is 1. The number of carbonyl (C=O) groups excluding carboxylic acids is 1. The molecule has 0 aromatic heterocycles. The first kappa shape index (κ1) is 32.6. The second kappa shape index (κ2) is 15.8. The second-order valence-corrected chi connectivity index (χ2v) is 9.46. The van der Waals surface area contributed by atoms with Crippen LogP contribution in [0.25, 0.3) is 6.08 Å². The molecule has 12 nitrogen and oxygen atoms in total. The Labute approximate surface area is 229 Å². The number of methoxy groups -OCH3 is 4. The lowest BCUT2D eigenvalue weighted by molar-refractivity contribution is -0.123. The molecule has 0 spiro atoms. The molecule has 1 atom stereocenters. The summed E-state index contributed by atoms with van der Waals surface area (Å²) in [6, 6.07) is 6.63. The lowest BCUT2D eigenvalue weighted by atomic mass is 10.1. The summed E-state index contributed by atoms with van der Waals surface area (Å²) in [5.41, 5.74) is 14.4. The Balaban J connectivity index is 0.00000722. The summed E-state index contributed by atoms with van der Waals surface area (Å²) >= 11 is 0. The molecule has 0 saturated heterocycles. The van der Waals surface area contributed by atoms with E-state index in [4.69, 9.17) is 30.4 Å². The summed E-state index contributed by atoms with van der Waals surface area (Å²) in [6.45, 7) is 0.468. The molecule has 2 aromatic rings. The Morgan fingerprint density at radius 3 is 2.13 bits per heavy atom. The van der Waals surface area contributed by atoms with Crippen molar-refractivity contribution >= 4 is 40.1 Å². The standard InChI is InChI=1S/C24H35N5O7S.ClH/c1-33-16-13-22(35-3)18(23(14-16)36-4)10-12-27-20(7-5-6-11-25)24(30)28-29-37(31,32)17-8-9-21(34-2)19(26)15-17;/h8-10,12-15,20,27,29H,5-7,11,25-26H2,1-4H3,(H,28,30);1H/b12-10+;/t20-;/m0./s1. The van der Waals surface area contributed by atoms with Gasteiger partial charge in [0.2, 0.25) is 0 Å². The molecule has 0 aliphatic rings. The highest BCUT2D eigenvalue weighted by Crippen LogP contribution is 2.34. The van der Waals surface area contributed by atoms with Crippen LogP contribution in [0.5, 0.6) is 23.0 Å².